The van der Waals surface area contributed by atoms with Crippen LogP contribution in [0.3, 0.4) is 0 Å². The van der Waals surface area contributed by atoms with Crippen molar-refractivity contribution in [1.82, 2.24) is 5.06 Å². The summed E-state index contributed by atoms with van der Waals surface area (Å²) < 4.78 is 0. The van der Waals surface area contributed by atoms with Crippen LogP contribution in [-0.4, -0.2) is 22.8 Å². The summed E-state index contributed by atoms with van der Waals surface area (Å²) in [5.74, 6) is -1.39. The molecule has 0 aromatic heterocycles. The van der Waals surface area contributed by atoms with Gasteiger partial charge >= 0.3 is 23.0 Å². The molecule has 3 aliphatic rings. The zero-order valence-corrected chi connectivity index (χ0v) is 15.4. The minimum Gasteiger partial charge on any atom is -0.358 e. The fraction of sp³-hybridized carbons (Fsp3) is 0.706. The molecule has 5 nitrogen and oxygen atoms in total. The van der Waals surface area contributed by atoms with Gasteiger partial charge in [0.1, 0.15) is 0 Å². The van der Waals surface area contributed by atoms with E-state index in [1.165, 1.54) is 32.1 Å². The summed E-state index contributed by atoms with van der Waals surface area (Å²) in [6, 6.07) is 0. The zero-order valence-electron chi connectivity index (χ0n) is 14.3. The van der Waals surface area contributed by atoms with Crippen LogP contribution in [0.5, 0.6) is 0 Å². The summed E-state index contributed by atoms with van der Waals surface area (Å²) in [5.41, 5.74) is 0. The van der Waals surface area contributed by atoms with Crippen molar-refractivity contribution in [3.8, 4) is 0 Å². The van der Waals surface area contributed by atoms with Gasteiger partial charge in [0.2, 0.25) is 0 Å². The van der Waals surface area contributed by atoms with E-state index in [0.717, 1.165) is 25.7 Å². The Balaban J connectivity index is 0. The van der Waals surface area contributed by atoms with E-state index in [2.05, 4.69) is 0 Å². The second-order valence-electron chi connectivity index (χ2n) is 5.74. The normalized spacial score (nSPS) is 19.9. The maximum Gasteiger partial charge on any atom is 2.00 e. The van der Waals surface area contributed by atoms with Gasteiger partial charge in [-0.3, -0.25) is 9.59 Å². The summed E-state index contributed by atoms with van der Waals surface area (Å²) in [6.07, 6.45) is 11.4. The molecule has 0 aromatic carbocycles. The Hall–Kier alpha value is -0.871. The molecule has 1 aliphatic heterocycles. The van der Waals surface area contributed by atoms with Crippen molar-refractivity contribution in [2.24, 2.45) is 5.92 Å². The van der Waals surface area contributed by atoms with Crippen LogP contribution in [-0.2, 0) is 36.3 Å². The fourth-order valence-electron chi connectivity index (χ4n) is 2.87. The quantitative estimate of drug-likeness (QED) is 0.425. The average molecular weight is 367 g/mol. The van der Waals surface area contributed by atoms with E-state index in [1.54, 1.807) is 0 Å². The predicted octanol–water partition coefficient (Wildman–Crippen LogP) is 3.63. The van der Waals surface area contributed by atoms with E-state index < -0.39 is 17.8 Å². The van der Waals surface area contributed by atoms with Gasteiger partial charge in [-0.1, -0.05) is 44.9 Å². The molecule has 0 unspecified atom stereocenters. The second-order valence-corrected chi connectivity index (χ2v) is 5.74. The van der Waals surface area contributed by atoms with E-state index in [-0.39, 0.29) is 50.7 Å². The summed E-state index contributed by atoms with van der Waals surface area (Å²) in [5, 5.41) is 0.626. The molecule has 134 valence electrons. The van der Waals surface area contributed by atoms with Crippen molar-refractivity contribution in [3.63, 3.8) is 0 Å². The van der Waals surface area contributed by atoms with E-state index in [1.807, 2.05) is 0 Å². The van der Waals surface area contributed by atoms with Gasteiger partial charge < -0.3 is 19.7 Å². The average Bonchev–Trinajstić information content (AvgIpc) is 3.18. The molecule has 0 N–H and O–H groups in total. The Kier molecular flexibility index (Phi) is 13.3. The molecule has 2 saturated carbocycles. The number of imide groups is 1. The van der Waals surface area contributed by atoms with Gasteiger partial charge in [-0.15, -0.1) is 5.06 Å². The topological polar surface area (TPSA) is 63.7 Å². The molecule has 6 heteroatoms. The minimum atomic E-state index is -0.434. The van der Waals surface area contributed by atoms with Crippen molar-refractivity contribution in [2.45, 2.75) is 70.6 Å². The van der Waals surface area contributed by atoms with Crippen LogP contribution in [0.15, 0.2) is 0 Å². The van der Waals surface area contributed by atoms with Crippen LogP contribution in [0.4, 0.5) is 0 Å². The van der Waals surface area contributed by atoms with Gasteiger partial charge in [0, 0.05) is 12.8 Å². The molecule has 1 saturated heterocycles. The van der Waals surface area contributed by atoms with Crippen LogP contribution in [0, 0.1) is 20.8 Å². The van der Waals surface area contributed by atoms with Crippen molar-refractivity contribution < 1.29 is 36.3 Å². The Labute approximate surface area is 150 Å². The number of hydrogen-bond acceptors (Lipinski definition) is 4. The molecule has 1 heterocycles. The second kappa shape index (κ2) is 12.5. The molecular weight excluding hydrogens is 338 g/mol. The number of carbonyl (C=O) groups is 3. The Morgan fingerprint density at radius 1 is 0.826 bits per heavy atom. The molecule has 0 bridgehead atoms. The van der Waals surface area contributed by atoms with Gasteiger partial charge in [0.15, 0.2) is 0 Å². The number of hydrogen-bond donors (Lipinski definition) is 0. The van der Waals surface area contributed by atoms with Gasteiger partial charge in [-0.05, 0) is 12.8 Å². The van der Waals surface area contributed by atoms with Crippen molar-refractivity contribution in [3.05, 3.63) is 14.9 Å². The molecule has 2 aliphatic carbocycles. The molecule has 0 radical (unpaired) electrons. The van der Waals surface area contributed by atoms with Crippen molar-refractivity contribution in [2.75, 3.05) is 0 Å². The van der Waals surface area contributed by atoms with Crippen molar-refractivity contribution >= 4 is 17.8 Å². The third-order valence-electron chi connectivity index (χ3n) is 4.13. The van der Waals surface area contributed by atoms with Crippen LogP contribution < -0.4 is 0 Å². The summed E-state index contributed by atoms with van der Waals surface area (Å²) >= 11 is 0. The molecule has 2 amide bonds. The van der Waals surface area contributed by atoms with Crippen LogP contribution in [0.2, 0.25) is 0 Å². The Morgan fingerprint density at radius 2 is 1.22 bits per heavy atom. The van der Waals surface area contributed by atoms with Crippen LogP contribution >= 0.6 is 0 Å². The Morgan fingerprint density at radius 3 is 1.61 bits per heavy atom. The van der Waals surface area contributed by atoms with Gasteiger partial charge in [0.25, 0.3) is 11.8 Å². The molecule has 0 atom stereocenters. The summed E-state index contributed by atoms with van der Waals surface area (Å²) in [4.78, 5) is 38.7. The van der Waals surface area contributed by atoms with E-state index in [9.17, 15) is 14.4 Å². The number of nitrogens with zero attached hydrogens (tertiary/aromatic N) is 1. The SMILES string of the molecule is C1CCCC1.O=C(ON1C(=O)CCC1=O)C1CCCC1.[CH3-].[CH3-].[Fe+2]. The van der Waals surface area contributed by atoms with Crippen LogP contribution in [0.25, 0.3) is 0 Å². The molecule has 3 fully saturated rings. The van der Waals surface area contributed by atoms with Crippen LogP contribution in [0.1, 0.15) is 70.6 Å². The Bertz CT molecular complexity index is 353. The standard InChI is InChI=1S/C10H13NO4.C5H10.2CH3.Fe/c12-8-5-6-9(13)11(8)15-10(14)7-3-1-2-4-7;1-2-4-5-3-1;;;/h7H,1-6H2;1-5H2;2*1H3;/q;;2*-1;+2. The first-order valence-corrected chi connectivity index (χ1v) is 7.76. The smallest absolute Gasteiger partial charge is 0.358 e. The van der Waals surface area contributed by atoms with E-state index in [4.69, 9.17) is 4.84 Å². The molecule has 3 rings (SSSR count). The number of amides is 2. The van der Waals surface area contributed by atoms with Crippen molar-refractivity contribution in [1.29, 1.82) is 0 Å². The first-order valence-electron chi connectivity index (χ1n) is 7.76. The maximum atomic E-state index is 11.5. The largest absolute Gasteiger partial charge is 2.00 e. The monoisotopic (exact) mass is 367 g/mol. The van der Waals surface area contributed by atoms with Gasteiger partial charge in [-0.2, -0.15) is 0 Å². The minimum absolute atomic E-state index is 0. The van der Waals surface area contributed by atoms with Gasteiger partial charge in [-0.25, -0.2) is 4.79 Å². The van der Waals surface area contributed by atoms with E-state index >= 15 is 0 Å². The summed E-state index contributed by atoms with van der Waals surface area (Å²) in [6.45, 7) is 0. The zero-order chi connectivity index (χ0) is 14.4. The number of carbonyl (C=O) groups excluding carboxylic acids is 3. The maximum absolute atomic E-state index is 11.5. The number of hydroxylamine groups is 2. The van der Waals surface area contributed by atoms with E-state index in [0.29, 0.717) is 5.06 Å². The fourth-order valence-corrected chi connectivity index (χ4v) is 2.87. The molecule has 0 aromatic rings. The molecular formula is C17H29FeNO4. The predicted molar refractivity (Wildman–Crippen MR) is 85.1 cm³/mol. The molecule has 23 heavy (non-hydrogen) atoms. The van der Waals surface area contributed by atoms with Gasteiger partial charge in [0.05, 0.1) is 5.92 Å². The third-order valence-corrected chi connectivity index (χ3v) is 4.13. The first kappa shape index (κ1) is 24.4. The summed E-state index contributed by atoms with van der Waals surface area (Å²) in [7, 11) is 0. The number of rotatable bonds is 2. The third kappa shape index (κ3) is 7.49. The molecule has 0 spiro atoms. The first-order chi connectivity index (χ1) is 9.68.